The Kier molecular flexibility index (Phi) is 6.51. The number of nitrogens with one attached hydrogen (secondary N) is 1. The molecule has 0 bridgehead atoms. The first kappa shape index (κ1) is 16.5. The number of halogens is 1. The first-order valence-corrected chi connectivity index (χ1v) is 6.97. The Balaban J connectivity index is 2.58. The van der Waals surface area contributed by atoms with E-state index in [4.69, 9.17) is 11.6 Å². The number of anilines is 1. The Morgan fingerprint density at radius 2 is 2.15 bits per heavy atom. The van der Waals surface area contributed by atoms with Crippen LogP contribution in [0.5, 0.6) is 0 Å². The van der Waals surface area contributed by atoms with Crippen LogP contribution in [-0.4, -0.2) is 40.3 Å². The molecular formula is C13H20ClN3O3. The molecule has 0 radical (unpaired) electrons. The number of nitrogens with zero attached hydrogens (tertiary/aromatic N) is 2. The van der Waals surface area contributed by atoms with Crippen LogP contribution in [0.2, 0.25) is 0 Å². The van der Waals surface area contributed by atoms with Gasteiger partial charge < -0.3 is 14.7 Å². The van der Waals surface area contributed by atoms with Gasteiger partial charge in [0, 0.05) is 12.6 Å². The molecule has 0 aliphatic carbocycles. The van der Waals surface area contributed by atoms with E-state index in [-0.39, 0.29) is 18.4 Å². The lowest BCUT2D eigenvalue weighted by molar-refractivity contribution is -0.134. The fourth-order valence-corrected chi connectivity index (χ4v) is 1.70. The molecule has 0 saturated heterocycles. The minimum absolute atomic E-state index is 0.0462. The lowest BCUT2D eigenvalue weighted by Crippen LogP contribution is -2.42. The van der Waals surface area contributed by atoms with Crippen molar-refractivity contribution in [2.24, 2.45) is 5.92 Å². The van der Waals surface area contributed by atoms with Crippen LogP contribution >= 0.6 is 11.6 Å². The monoisotopic (exact) mass is 301 g/mol. The van der Waals surface area contributed by atoms with Crippen LogP contribution in [0.15, 0.2) is 16.9 Å². The van der Waals surface area contributed by atoms with E-state index >= 15 is 0 Å². The van der Waals surface area contributed by atoms with Crippen molar-refractivity contribution in [2.45, 2.75) is 32.6 Å². The van der Waals surface area contributed by atoms with Crippen LogP contribution in [0.1, 0.15) is 27.2 Å². The number of rotatable bonds is 7. The molecule has 0 spiro atoms. The molecule has 1 N–H and O–H groups in total. The number of hydrogen-bond donors (Lipinski definition) is 1. The second-order valence-electron chi connectivity index (χ2n) is 4.99. The van der Waals surface area contributed by atoms with Crippen molar-refractivity contribution in [3.8, 4) is 0 Å². The van der Waals surface area contributed by atoms with Crippen LogP contribution in [-0.2, 0) is 9.59 Å². The third kappa shape index (κ3) is 5.61. The Labute approximate surface area is 123 Å². The van der Waals surface area contributed by atoms with Crippen molar-refractivity contribution in [2.75, 3.05) is 18.4 Å². The zero-order valence-electron chi connectivity index (χ0n) is 11.9. The third-order valence-corrected chi connectivity index (χ3v) is 2.85. The van der Waals surface area contributed by atoms with Crippen LogP contribution < -0.4 is 5.32 Å². The average Bonchev–Trinajstić information content (AvgIpc) is 2.85. The predicted octanol–water partition coefficient (Wildman–Crippen LogP) is 2.12. The van der Waals surface area contributed by atoms with E-state index in [0.29, 0.717) is 18.3 Å². The fourth-order valence-electron chi connectivity index (χ4n) is 1.57. The molecule has 112 valence electrons. The molecule has 1 atom stereocenters. The second-order valence-corrected chi connectivity index (χ2v) is 5.65. The van der Waals surface area contributed by atoms with Crippen LogP contribution in [0.4, 0.5) is 5.82 Å². The summed E-state index contributed by atoms with van der Waals surface area (Å²) in [7, 11) is 0. The molecule has 0 saturated carbocycles. The lowest BCUT2D eigenvalue weighted by Gasteiger charge is -2.24. The number of carbonyl (C=O) groups excluding carboxylic acids is 2. The maximum Gasteiger partial charge on any atom is 0.245 e. The van der Waals surface area contributed by atoms with Crippen molar-refractivity contribution >= 4 is 29.2 Å². The summed E-state index contributed by atoms with van der Waals surface area (Å²) < 4.78 is 4.62. The standard InChI is InChI=1S/C13H20ClN3O3/c1-9(2)4-6-17(13(19)10(3)14)8-12(18)15-11-5-7-20-16-11/h5,7,9-10H,4,6,8H2,1-3H3,(H,15,16,18)/t10-/m0/s1. The van der Waals surface area contributed by atoms with Gasteiger partial charge in [-0.2, -0.15) is 0 Å². The number of hydrogen-bond acceptors (Lipinski definition) is 4. The third-order valence-electron chi connectivity index (χ3n) is 2.67. The SMILES string of the molecule is CC(C)CCN(CC(=O)Nc1ccon1)C(=O)[C@H](C)Cl. The van der Waals surface area contributed by atoms with Gasteiger partial charge in [-0.05, 0) is 19.3 Å². The van der Waals surface area contributed by atoms with Gasteiger partial charge in [0.25, 0.3) is 0 Å². The van der Waals surface area contributed by atoms with Crippen molar-refractivity contribution in [3.05, 3.63) is 12.3 Å². The Hall–Kier alpha value is -1.56. The molecule has 0 aromatic carbocycles. The summed E-state index contributed by atoms with van der Waals surface area (Å²) in [5.74, 6) is 0.190. The largest absolute Gasteiger partial charge is 0.363 e. The summed E-state index contributed by atoms with van der Waals surface area (Å²) in [5, 5.41) is 5.48. The normalized spacial score (nSPS) is 12.2. The molecular weight excluding hydrogens is 282 g/mol. The van der Waals surface area contributed by atoms with Gasteiger partial charge >= 0.3 is 0 Å². The quantitative estimate of drug-likeness (QED) is 0.783. The summed E-state index contributed by atoms with van der Waals surface area (Å²) in [6.07, 6.45) is 2.17. The highest BCUT2D eigenvalue weighted by Crippen LogP contribution is 2.08. The molecule has 20 heavy (non-hydrogen) atoms. The van der Waals surface area contributed by atoms with Gasteiger partial charge in [0.15, 0.2) is 5.82 Å². The van der Waals surface area contributed by atoms with Gasteiger partial charge in [-0.1, -0.05) is 19.0 Å². The predicted molar refractivity (Wildman–Crippen MR) is 76.5 cm³/mol. The maximum atomic E-state index is 12.0. The van der Waals surface area contributed by atoms with Gasteiger partial charge in [0.1, 0.15) is 11.6 Å². The van der Waals surface area contributed by atoms with E-state index in [1.807, 2.05) is 0 Å². The molecule has 1 aromatic rings. The van der Waals surface area contributed by atoms with Crippen LogP contribution in [0.3, 0.4) is 0 Å². The molecule has 0 fully saturated rings. The number of carbonyl (C=O) groups is 2. The minimum atomic E-state index is -0.651. The summed E-state index contributed by atoms with van der Waals surface area (Å²) in [6.45, 7) is 6.17. The topological polar surface area (TPSA) is 75.4 Å². The van der Waals surface area contributed by atoms with E-state index < -0.39 is 5.38 Å². The second kappa shape index (κ2) is 7.89. The molecule has 1 rings (SSSR count). The highest BCUT2D eigenvalue weighted by atomic mass is 35.5. The lowest BCUT2D eigenvalue weighted by atomic mass is 10.1. The first-order valence-electron chi connectivity index (χ1n) is 6.53. The molecule has 2 amide bonds. The van der Waals surface area contributed by atoms with Crippen molar-refractivity contribution < 1.29 is 14.1 Å². The highest BCUT2D eigenvalue weighted by molar-refractivity contribution is 6.30. The molecule has 7 heteroatoms. The van der Waals surface area contributed by atoms with Crippen molar-refractivity contribution in [3.63, 3.8) is 0 Å². The maximum absolute atomic E-state index is 12.0. The Bertz CT molecular complexity index is 432. The van der Waals surface area contributed by atoms with Gasteiger partial charge in [-0.15, -0.1) is 11.6 Å². The number of amides is 2. The summed E-state index contributed by atoms with van der Waals surface area (Å²) in [6, 6.07) is 1.53. The van der Waals surface area contributed by atoms with Gasteiger partial charge in [-0.25, -0.2) is 0 Å². The van der Waals surface area contributed by atoms with Gasteiger partial charge in [0.05, 0.1) is 6.54 Å². The summed E-state index contributed by atoms with van der Waals surface area (Å²) in [5.41, 5.74) is 0. The highest BCUT2D eigenvalue weighted by Gasteiger charge is 2.21. The van der Waals surface area contributed by atoms with E-state index in [0.717, 1.165) is 6.42 Å². The first-order chi connectivity index (χ1) is 9.40. The van der Waals surface area contributed by atoms with Gasteiger partial charge in [-0.3, -0.25) is 9.59 Å². The van der Waals surface area contributed by atoms with Crippen molar-refractivity contribution in [1.82, 2.24) is 10.1 Å². The zero-order chi connectivity index (χ0) is 15.1. The van der Waals surface area contributed by atoms with Crippen LogP contribution in [0, 0.1) is 5.92 Å². The van der Waals surface area contributed by atoms with Crippen LogP contribution in [0.25, 0.3) is 0 Å². The average molecular weight is 302 g/mol. The number of alkyl halides is 1. The van der Waals surface area contributed by atoms with E-state index in [2.05, 4.69) is 28.8 Å². The molecule has 0 aliphatic heterocycles. The summed E-state index contributed by atoms with van der Waals surface area (Å²) in [4.78, 5) is 25.3. The fraction of sp³-hybridized carbons (Fsp3) is 0.615. The summed E-state index contributed by atoms with van der Waals surface area (Å²) >= 11 is 5.81. The molecule has 6 nitrogen and oxygen atoms in total. The Morgan fingerprint density at radius 3 is 2.65 bits per heavy atom. The smallest absolute Gasteiger partial charge is 0.245 e. The molecule has 0 aliphatic rings. The van der Waals surface area contributed by atoms with E-state index in [9.17, 15) is 9.59 Å². The van der Waals surface area contributed by atoms with E-state index in [1.54, 1.807) is 6.92 Å². The van der Waals surface area contributed by atoms with Gasteiger partial charge in [0.2, 0.25) is 11.8 Å². The zero-order valence-corrected chi connectivity index (χ0v) is 12.7. The van der Waals surface area contributed by atoms with E-state index in [1.165, 1.54) is 17.2 Å². The minimum Gasteiger partial charge on any atom is -0.363 e. The van der Waals surface area contributed by atoms with Crippen molar-refractivity contribution in [1.29, 1.82) is 0 Å². The number of aromatic nitrogens is 1. The Morgan fingerprint density at radius 1 is 1.45 bits per heavy atom. The molecule has 1 aromatic heterocycles. The molecule has 0 unspecified atom stereocenters. The molecule has 1 heterocycles.